The molecule has 0 bridgehead atoms. The van der Waals surface area contributed by atoms with Crippen molar-refractivity contribution in [2.75, 3.05) is 0 Å². The maximum absolute atomic E-state index is 11.3. The fourth-order valence-corrected chi connectivity index (χ4v) is 2.45. The van der Waals surface area contributed by atoms with Crippen molar-refractivity contribution in [3.63, 3.8) is 0 Å². The highest BCUT2D eigenvalue weighted by Gasteiger charge is 2.42. The van der Waals surface area contributed by atoms with E-state index < -0.39 is 11.6 Å². The SMILES string of the molecule is CC(C)(C)N(C(=O)O)[C@H]1C[C@@H](Oc2ccc(O)cn2)C1. The monoisotopic (exact) mass is 280 g/mol. The number of nitrogens with zero attached hydrogens (tertiary/aromatic N) is 2. The zero-order valence-electron chi connectivity index (χ0n) is 11.9. The number of hydrogen-bond acceptors (Lipinski definition) is 4. The van der Waals surface area contributed by atoms with Crippen molar-refractivity contribution in [2.45, 2.75) is 51.3 Å². The van der Waals surface area contributed by atoms with Crippen molar-refractivity contribution in [1.29, 1.82) is 0 Å². The van der Waals surface area contributed by atoms with Crippen LogP contribution in [-0.2, 0) is 0 Å². The van der Waals surface area contributed by atoms with Crippen molar-refractivity contribution in [2.24, 2.45) is 0 Å². The second-order valence-corrected chi connectivity index (χ2v) is 6.04. The molecule has 1 aliphatic rings. The summed E-state index contributed by atoms with van der Waals surface area (Å²) in [5.74, 6) is 0.539. The molecule has 0 aliphatic heterocycles. The lowest BCUT2D eigenvalue weighted by molar-refractivity contribution is -0.0149. The Morgan fingerprint density at radius 3 is 2.50 bits per heavy atom. The lowest BCUT2D eigenvalue weighted by atomic mass is 9.85. The van der Waals surface area contributed by atoms with Gasteiger partial charge in [0, 0.05) is 30.5 Å². The highest BCUT2D eigenvalue weighted by molar-refractivity contribution is 5.66. The molecule has 20 heavy (non-hydrogen) atoms. The van der Waals surface area contributed by atoms with E-state index in [0.717, 1.165) is 0 Å². The van der Waals surface area contributed by atoms with Gasteiger partial charge in [0.25, 0.3) is 0 Å². The van der Waals surface area contributed by atoms with Gasteiger partial charge < -0.3 is 19.8 Å². The van der Waals surface area contributed by atoms with Gasteiger partial charge in [-0.1, -0.05) is 0 Å². The molecule has 1 aromatic rings. The fraction of sp³-hybridized carbons (Fsp3) is 0.571. The second kappa shape index (κ2) is 5.19. The molecule has 1 aliphatic carbocycles. The Morgan fingerprint density at radius 1 is 1.40 bits per heavy atom. The van der Waals surface area contributed by atoms with E-state index in [0.29, 0.717) is 18.7 Å². The predicted molar refractivity (Wildman–Crippen MR) is 73.0 cm³/mol. The summed E-state index contributed by atoms with van der Waals surface area (Å²) in [6.07, 6.45) is 1.72. The minimum atomic E-state index is -0.899. The number of rotatable bonds is 3. The first-order chi connectivity index (χ1) is 9.27. The van der Waals surface area contributed by atoms with E-state index in [1.54, 1.807) is 6.07 Å². The number of ether oxygens (including phenoxy) is 1. The van der Waals surface area contributed by atoms with E-state index in [1.165, 1.54) is 17.2 Å². The van der Waals surface area contributed by atoms with E-state index >= 15 is 0 Å². The van der Waals surface area contributed by atoms with Crippen LogP contribution in [0.25, 0.3) is 0 Å². The van der Waals surface area contributed by atoms with Gasteiger partial charge in [-0.25, -0.2) is 9.78 Å². The number of amides is 1. The number of aromatic hydroxyl groups is 1. The molecule has 0 aromatic carbocycles. The van der Waals surface area contributed by atoms with Crippen LogP contribution in [0.15, 0.2) is 18.3 Å². The Balaban J connectivity index is 1.90. The number of carboxylic acid groups (broad SMARTS) is 1. The predicted octanol–water partition coefficient (Wildman–Crippen LogP) is 2.48. The molecule has 1 heterocycles. The van der Waals surface area contributed by atoms with Crippen molar-refractivity contribution in [3.05, 3.63) is 18.3 Å². The van der Waals surface area contributed by atoms with Gasteiger partial charge in [-0.05, 0) is 26.8 Å². The van der Waals surface area contributed by atoms with Crippen molar-refractivity contribution >= 4 is 6.09 Å². The molecule has 1 amide bonds. The lowest BCUT2D eigenvalue weighted by Crippen LogP contribution is -2.58. The van der Waals surface area contributed by atoms with Crippen LogP contribution < -0.4 is 4.74 Å². The van der Waals surface area contributed by atoms with E-state index in [9.17, 15) is 9.90 Å². The zero-order chi connectivity index (χ0) is 14.9. The maximum Gasteiger partial charge on any atom is 0.407 e. The van der Waals surface area contributed by atoms with Crippen LogP contribution in [0.1, 0.15) is 33.6 Å². The maximum atomic E-state index is 11.3. The molecule has 1 aromatic heterocycles. The Hall–Kier alpha value is -1.98. The molecule has 1 fully saturated rings. The number of carbonyl (C=O) groups is 1. The first kappa shape index (κ1) is 14.4. The highest BCUT2D eigenvalue weighted by Crippen LogP contribution is 2.33. The molecule has 110 valence electrons. The van der Waals surface area contributed by atoms with Crippen molar-refractivity contribution < 1.29 is 19.7 Å². The number of pyridine rings is 1. The third kappa shape index (κ3) is 3.12. The number of aromatic nitrogens is 1. The molecule has 0 radical (unpaired) electrons. The summed E-state index contributed by atoms with van der Waals surface area (Å²) in [6.45, 7) is 5.66. The van der Waals surface area contributed by atoms with Gasteiger partial charge >= 0.3 is 6.09 Å². The molecule has 1 saturated carbocycles. The largest absolute Gasteiger partial charge is 0.506 e. The molecule has 2 rings (SSSR count). The first-order valence-electron chi connectivity index (χ1n) is 6.61. The van der Waals surface area contributed by atoms with Gasteiger partial charge in [0.05, 0.1) is 6.20 Å². The molecule has 6 nitrogen and oxygen atoms in total. The van der Waals surface area contributed by atoms with Crippen LogP contribution in [-0.4, -0.2) is 43.9 Å². The number of hydrogen-bond donors (Lipinski definition) is 2. The summed E-state index contributed by atoms with van der Waals surface area (Å²) in [5, 5.41) is 18.4. The Bertz CT molecular complexity index is 475. The Morgan fingerprint density at radius 2 is 2.05 bits per heavy atom. The summed E-state index contributed by atoms with van der Waals surface area (Å²) in [4.78, 5) is 16.8. The van der Waals surface area contributed by atoms with Gasteiger partial charge in [-0.3, -0.25) is 0 Å². The van der Waals surface area contributed by atoms with Gasteiger partial charge in [0.15, 0.2) is 0 Å². The van der Waals surface area contributed by atoms with E-state index in [-0.39, 0.29) is 17.9 Å². The second-order valence-electron chi connectivity index (χ2n) is 6.04. The van der Waals surface area contributed by atoms with Crippen LogP contribution in [0.5, 0.6) is 11.6 Å². The van der Waals surface area contributed by atoms with E-state index in [2.05, 4.69) is 4.98 Å². The molecular weight excluding hydrogens is 260 g/mol. The summed E-state index contributed by atoms with van der Waals surface area (Å²) in [5.41, 5.74) is -0.418. The smallest absolute Gasteiger partial charge is 0.407 e. The van der Waals surface area contributed by atoms with Crippen LogP contribution in [0, 0.1) is 0 Å². The molecule has 6 heteroatoms. The van der Waals surface area contributed by atoms with Crippen molar-refractivity contribution in [1.82, 2.24) is 9.88 Å². The van der Waals surface area contributed by atoms with Gasteiger partial charge in [-0.15, -0.1) is 0 Å². The summed E-state index contributed by atoms with van der Waals surface area (Å²) < 4.78 is 5.64. The third-order valence-electron chi connectivity index (χ3n) is 3.37. The highest BCUT2D eigenvalue weighted by atomic mass is 16.5. The minimum Gasteiger partial charge on any atom is -0.506 e. The molecule has 2 N–H and O–H groups in total. The topological polar surface area (TPSA) is 82.9 Å². The van der Waals surface area contributed by atoms with Crippen molar-refractivity contribution in [3.8, 4) is 11.6 Å². The molecule has 0 spiro atoms. The standard InChI is InChI=1S/C14H20N2O4/c1-14(2,3)16(13(18)19)9-6-11(7-9)20-12-5-4-10(17)8-15-12/h4-5,8-9,11,17H,6-7H2,1-3H3,(H,18,19)/t9-,11+. The average Bonchev–Trinajstić information content (AvgIpc) is 2.26. The molecular formula is C14H20N2O4. The van der Waals surface area contributed by atoms with Crippen LogP contribution in [0.3, 0.4) is 0 Å². The lowest BCUT2D eigenvalue weighted by Gasteiger charge is -2.46. The fourth-order valence-electron chi connectivity index (χ4n) is 2.45. The zero-order valence-corrected chi connectivity index (χ0v) is 11.9. The quantitative estimate of drug-likeness (QED) is 0.888. The van der Waals surface area contributed by atoms with E-state index in [1.807, 2.05) is 20.8 Å². The minimum absolute atomic E-state index is 0.0189. The normalized spacial score (nSPS) is 21.9. The van der Waals surface area contributed by atoms with Crippen LogP contribution >= 0.6 is 0 Å². The summed E-state index contributed by atoms with van der Waals surface area (Å²) >= 11 is 0. The first-order valence-corrected chi connectivity index (χ1v) is 6.61. The third-order valence-corrected chi connectivity index (χ3v) is 3.37. The summed E-state index contributed by atoms with van der Waals surface area (Å²) in [6, 6.07) is 3.09. The van der Waals surface area contributed by atoms with Gasteiger partial charge in [-0.2, -0.15) is 0 Å². The van der Waals surface area contributed by atoms with Gasteiger partial charge in [0.2, 0.25) is 5.88 Å². The Labute approximate surface area is 118 Å². The van der Waals surface area contributed by atoms with Crippen LogP contribution in [0.4, 0.5) is 4.79 Å². The van der Waals surface area contributed by atoms with E-state index in [4.69, 9.17) is 9.84 Å². The molecule has 0 saturated heterocycles. The van der Waals surface area contributed by atoms with Crippen LogP contribution in [0.2, 0.25) is 0 Å². The summed E-state index contributed by atoms with van der Waals surface area (Å²) in [7, 11) is 0. The van der Waals surface area contributed by atoms with Gasteiger partial charge in [0.1, 0.15) is 11.9 Å². The molecule has 0 atom stereocenters. The molecule has 0 unspecified atom stereocenters. The average molecular weight is 280 g/mol. The Kier molecular flexibility index (Phi) is 3.74.